The molecule has 0 spiro atoms. The number of nitrogens with zero attached hydrogens (tertiary/aromatic N) is 2. The van der Waals surface area contributed by atoms with Crippen LogP contribution < -0.4 is 16.1 Å². The van der Waals surface area contributed by atoms with Crippen molar-refractivity contribution < 1.29 is 19.3 Å². The zero-order valence-corrected chi connectivity index (χ0v) is 20.4. The van der Waals surface area contributed by atoms with E-state index in [0.717, 1.165) is 62.6 Å². The fourth-order valence-corrected chi connectivity index (χ4v) is 4.36. The first-order valence-electron chi connectivity index (χ1n) is 11.7. The number of nitrogens with two attached hydrogens (primary N) is 1. The van der Waals surface area contributed by atoms with Gasteiger partial charge in [-0.15, -0.1) is 0 Å². The molecular formula is C28H29N4O3+. The van der Waals surface area contributed by atoms with Gasteiger partial charge in [0.1, 0.15) is 17.0 Å². The molecule has 0 saturated heterocycles. The summed E-state index contributed by atoms with van der Waals surface area (Å²) in [4.78, 5) is 28.2. The number of aldehydes is 1. The zero-order chi connectivity index (χ0) is 24.9. The molecule has 0 unspecified atom stereocenters. The summed E-state index contributed by atoms with van der Waals surface area (Å²) in [6.45, 7) is 9.80. The van der Waals surface area contributed by atoms with Gasteiger partial charge in [0.15, 0.2) is 6.29 Å². The minimum Gasteiger partial charge on any atom is -0.456 e. The number of amides is 1. The van der Waals surface area contributed by atoms with Crippen LogP contribution >= 0.6 is 0 Å². The van der Waals surface area contributed by atoms with Gasteiger partial charge in [-0.25, -0.2) is 5.43 Å². The van der Waals surface area contributed by atoms with Crippen LogP contribution in [0.25, 0.3) is 33.4 Å². The smallest absolute Gasteiger partial charge is 0.271 e. The first-order chi connectivity index (χ1) is 17.0. The van der Waals surface area contributed by atoms with Crippen molar-refractivity contribution >= 4 is 35.1 Å². The number of rotatable bonds is 7. The number of nitrogens with one attached hydrogen (secondary N) is 1. The number of hydrogen-bond acceptors (Lipinski definition) is 5. The lowest BCUT2D eigenvalue weighted by molar-refractivity contribution is -0.568. The number of aryl methyl sites for hydroxylation is 2. The Labute approximate surface area is 203 Å². The van der Waals surface area contributed by atoms with Crippen LogP contribution in [0.3, 0.4) is 0 Å². The van der Waals surface area contributed by atoms with E-state index in [1.165, 1.54) is 0 Å². The molecule has 1 aliphatic carbocycles. The molecule has 7 nitrogen and oxygen atoms in total. The number of carbonyl (C=O) groups excluding carboxylic acids is 2. The maximum Gasteiger partial charge on any atom is 0.271 e. The Kier molecular flexibility index (Phi) is 7.17. The fourth-order valence-electron chi connectivity index (χ4n) is 4.36. The van der Waals surface area contributed by atoms with Crippen molar-refractivity contribution in [3.8, 4) is 22.5 Å². The third-order valence-electron chi connectivity index (χ3n) is 5.92. The SMILES string of the molecule is CCN=c1cc2oc3cc([NH2+]CC)c(C)cc3c(-c3ccccc3C(=O)N/N=C\C=O)c-2cc1C. The maximum absolute atomic E-state index is 13.0. The van der Waals surface area contributed by atoms with Crippen LogP contribution in [0.1, 0.15) is 35.3 Å². The molecule has 0 atom stereocenters. The van der Waals surface area contributed by atoms with Crippen LogP contribution in [0.15, 0.2) is 63.0 Å². The summed E-state index contributed by atoms with van der Waals surface area (Å²) in [6, 6.07) is 15.6. The van der Waals surface area contributed by atoms with E-state index in [1.807, 2.05) is 38.1 Å². The van der Waals surface area contributed by atoms with Gasteiger partial charge in [-0.05, 0) is 57.0 Å². The number of hydrogen-bond donors (Lipinski definition) is 2. The van der Waals surface area contributed by atoms with Crippen molar-refractivity contribution in [3.63, 3.8) is 0 Å². The summed E-state index contributed by atoms with van der Waals surface area (Å²) in [5.74, 6) is 0.300. The van der Waals surface area contributed by atoms with Gasteiger partial charge in [-0.3, -0.25) is 14.6 Å². The molecule has 7 heteroatoms. The number of carbonyl (C=O) groups is 2. The van der Waals surface area contributed by atoms with E-state index < -0.39 is 5.91 Å². The average molecular weight is 470 g/mol. The Morgan fingerprint density at radius 3 is 2.60 bits per heavy atom. The van der Waals surface area contributed by atoms with E-state index in [9.17, 15) is 9.59 Å². The van der Waals surface area contributed by atoms with Crippen LogP contribution in [0, 0.1) is 13.8 Å². The summed E-state index contributed by atoms with van der Waals surface area (Å²) < 4.78 is 6.43. The van der Waals surface area contributed by atoms with E-state index in [-0.39, 0.29) is 0 Å². The maximum atomic E-state index is 13.0. The second-order valence-electron chi connectivity index (χ2n) is 8.30. The predicted molar refractivity (Wildman–Crippen MR) is 138 cm³/mol. The summed E-state index contributed by atoms with van der Waals surface area (Å²) in [6.07, 6.45) is 1.52. The van der Waals surface area contributed by atoms with Crippen LogP contribution in [-0.2, 0) is 4.79 Å². The standard InChI is InChI=1S/C28H28N4O3/c1-5-29-23-15-25-21(13-17(23)3)27(22-14-18(4)24(30-6-2)16-26(22)35-25)19-9-7-8-10-20(19)28(34)32-31-11-12-33/h7-16,29H,5-6H2,1-4H3,(H,32,34)/p+1/b30-24?,31-11-. The molecule has 2 aromatic rings. The minimum atomic E-state index is -0.400. The zero-order valence-electron chi connectivity index (χ0n) is 20.4. The Balaban J connectivity index is 2.10. The summed E-state index contributed by atoms with van der Waals surface area (Å²) in [5, 5.41) is 7.67. The number of fused-ring (bicyclic) bond motifs is 2. The van der Waals surface area contributed by atoms with Gasteiger partial charge in [0.05, 0.1) is 18.1 Å². The van der Waals surface area contributed by atoms with E-state index in [4.69, 9.17) is 4.42 Å². The van der Waals surface area contributed by atoms with E-state index in [2.05, 4.69) is 52.9 Å². The lowest BCUT2D eigenvalue weighted by atomic mass is 9.89. The quantitative estimate of drug-likeness (QED) is 0.141. The lowest BCUT2D eigenvalue weighted by Crippen LogP contribution is -2.77. The summed E-state index contributed by atoms with van der Waals surface area (Å²) in [7, 11) is 0. The Morgan fingerprint density at radius 2 is 1.86 bits per heavy atom. The highest BCUT2D eigenvalue weighted by atomic mass is 16.3. The highest BCUT2D eigenvalue weighted by molar-refractivity contribution is 6.14. The second kappa shape index (κ2) is 10.4. The third kappa shape index (κ3) is 4.76. The molecule has 0 saturated carbocycles. The average Bonchev–Trinajstić information content (AvgIpc) is 2.85. The van der Waals surface area contributed by atoms with Crippen molar-refractivity contribution in [2.24, 2.45) is 10.1 Å². The molecule has 3 N–H and O–H groups in total. The van der Waals surface area contributed by atoms with E-state index in [1.54, 1.807) is 6.07 Å². The largest absolute Gasteiger partial charge is 0.456 e. The minimum absolute atomic E-state index is 0.400. The third-order valence-corrected chi connectivity index (χ3v) is 5.92. The molecule has 0 radical (unpaired) electrons. The molecule has 0 fully saturated rings. The van der Waals surface area contributed by atoms with Gasteiger partial charge in [-0.1, -0.05) is 18.2 Å². The van der Waals surface area contributed by atoms with Gasteiger partial charge in [-0.2, -0.15) is 5.10 Å². The Hall–Kier alpha value is -4.10. The molecule has 2 aliphatic rings. The summed E-state index contributed by atoms with van der Waals surface area (Å²) >= 11 is 0. The second-order valence-corrected chi connectivity index (χ2v) is 8.30. The predicted octanol–water partition coefficient (Wildman–Crippen LogP) is 3.87. The lowest BCUT2D eigenvalue weighted by Gasteiger charge is -2.19. The van der Waals surface area contributed by atoms with Crippen LogP contribution in [-0.4, -0.2) is 31.5 Å². The van der Waals surface area contributed by atoms with Crippen molar-refractivity contribution in [2.75, 3.05) is 13.1 Å². The van der Waals surface area contributed by atoms with Gasteiger partial charge < -0.3 is 9.73 Å². The van der Waals surface area contributed by atoms with Crippen molar-refractivity contribution in [3.05, 3.63) is 70.6 Å². The van der Waals surface area contributed by atoms with E-state index in [0.29, 0.717) is 24.2 Å². The van der Waals surface area contributed by atoms with Gasteiger partial charge >= 0.3 is 0 Å². The molecular weight excluding hydrogens is 440 g/mol. The monoisotopic (exact) mass is 469 g/mol. The highest BCUT2D eigenvalue weighted by Gasteiger charge is 2.23. The Morgan fingerprint density at radius 1 is 1.06 bits per heavy atom. The molecule has 2 aromatic carbocycles. The van der Waals surface area contributed by atoms with Gasteiger partial charge in [0.25, 0.3) is 5.91 Å². The molecule has 1 aliphatic heterocycles. The van der Waals surface area contributed by atoms with Gasteiger partial charge in [0.2, 0.25) is 0 Å². The number of hydrazone groups is 1. The van der Waals surface area contributed by atoms with Crippen LogP contribution in [0.5, 0.6) is 0 Å². The Bertz CT molecular complexity index is 1480. The summed E-state index contributed by atoms with van der Waals surface area (Å²) in [5.41, 5.74) is 9.45. The molecule has 178 valence electrons. The van der Waals surface area contributed by atoms with Gasteiger partial charge in [0, 0.05) is 46.3 Å². The van der Waals surface area contributed by atoms with Crippen LogP contribution in [0.2, 0.25) is 0 Å². The fraction of sp³-hybridized carbons (Fsp3) is 0.214. The molecule has 1 amide bonds. The topological polar surface area (TPSA) is 101 Å². The van der Waals surface area contributed by atoms with Crippen molar-refractivity contribution in [1.82, 2.24) is 5.43 Å². The van der Waals surface area contributed by atoms with Crippen molar-refractivity contribution in [2.45, 2.75) is 27.7 Å². The molecule has 1 heterocycles. The first kappa shape index (κ1) is 24.0. The highest BCUT2D eigenvalue weighted by Crippen LogP contribution is 2.42. The molecule has 0 bridgehead atoms. The normalized spacial score (nSPS) is 12.1. The van der Waals surface area contributed by atoms with E-state index >= 15 is 0 Å². The van der Waals surface area contributed by atoms with Crippen LogP contribution in [0.4, 0.5) is 5.69 Å². The molecule has 0 aromatic heterocycles. The van der Waals surface area contributed by atoms with Crippen molar-refractivity contribution in [1.29, 1.82) is 0 Å². The molecule has 35 heavy (non-hydrogen) atoms. The number of quaternary nitrogens is 1. The molecule has 4 rings (SSSR count). The first-order valence-corrected chi connectivity index (χ1v) is 11.7. The number of benzene rings is 3.